The molecule has 2 saturated heterocycles. The van der Waals surface area contributed by atoms with E-state index in [9.17, 15) is 34.3 Å². The number of hydrogen-bond donors (Lipinski definition) is 3. The number of nitrogens with zero attached hydrogens (tertiary/aromatic N) is 2. The highest BCUT2D eigenvalue weighted by atomic mass is 79.9. The third-order valence-corrected chi connectivity index (χ3v) is 11.6. The van der Waals surface area contributed by atoms with E-state index < -0.39 is 64.2 Å². The van der Waals surface area contributed by atoms with Crippen LogP contribution in [-0.2, 0) is 19.2 Å². The third-order valence-electron chi connectivity index (χ3n) is 9.68. The smallest absolute Gasteiger partial charge is 0.488 e. The predicted molar refractivity (Wildman–Crippen MR) is 168 cm³/mol. The Bertz CT molecular complexity index is 1840. The lowest BCUT2D eigenvalue weighted by molar-refractivity contribution is -0.138. The molecule has 2 aliphatic heterocycles. The van der Waals surface area contributed by atoms with Crippen molar-refractivity contribution in [3.05, 3.63) is 77.9 Å². The Balaban J connectivity index is 1.41. The number of rotatable bonds is 4. The van der Waals surface area contributed by atoms with Crippen LogP contribution in [0, 0.1) is 17.8 Å². The summed E-state index contributed by atoms with van der Waals surface area (Å²) in [5, 5.41) is 32.2. The van der Waals surface area contributed by atoms with E-state index >= 15 is 0 Å². The van der Waals surface area contributed by atoms with Gasteiger partial charge in [0, 0.05) is 16.9 Å². The molecule has 1 saturated carbocycles. The number of amides is 4. The number of alkyl halides is 3. The SMILES string of the molecule is O=C1[C@H]2[C@H](CC=C3[C@H]2C[C@@]2(Cl)C(=O)N(CBr)C(=O)[C@@]2(Cl)[C@H]3c2ccc3ccccc3c2O)C(=O)N1c1cccc(B(O)O)c1. The quantitative estimate of drug-likeness (QED) is 0.125. The standard InChI is InChI=1S/C31H24BBrCl2N2O7/c33-14-36-28(41)30(34)13-22-19(24(31(30,35)29(36)42)21-9-8-15-4-1-2-7-18(15)25(21)38)10-11-20-23(22)27(40)37(26(20)39)17-6-3-5-16(12-17)32(43)44/h1-10,12,20,22-24,38,43-44H,11,13-14H2/t20-,22+,23-,24+,30+,31-/m0/s1. The topological polar surface area (TPSA) is 135 Å². The van der Waals surface area contributed by atoms with Gasteiger partial charge in [0.25, 0.3) is 11.8 Å². The van der Waals surface area contributed by atoms with Crippen LogP contribution in [0.15, 0.2) is 72.3 Å². The summed E-state index contributed by atoms with van der Waals surface area (Å²) in [6.45, 7) is 0. The summed E-state index contributed by atoms with van der Waals surface area (Å²) in [4.78, 5) is 53.7. The van der Waals surface area contributed by atoms with Crippen molar-refractivity contribution >= 4 is 91.8 Å². The van der Waals surface area contributed by atoms with Gasteiger partial charge < -0.3 is 15.2 Å². The molecule has 0 radical (unpaired) electrons. The van der Waals surface area contributed by atoms with E-state index in [2.05, 4.69) is 15.9 Å². The van der Waals surface area contributed by atoms with E-state index in [-0.39, 0.29) is 40.8 Å². The average Bonchev–Trinajstić information content (AvgIpc) is 3.35. The first-order chi connectivity index (χ1) is 21.0. The van der Waals surface area contributed by atoms with Gasteiger partial charge in [-0.2, -0.15) is 0 Å². The number of anilines is 1. The lowest BCUT2D eigenvalue weighted by Crippen LogP contribution is -2.60. The normalized spacial score (nSPS) is 31.2. The number of likely N-dealkylation sites (tertiary alicyclic amines) is 1. The Morgan fingerprint density at radius 2 is 1.68 bits per heavy atom. The molecule has 13 heteroatoms. The molecule has 9 nitrogen and oxygen atoms in total. The van der Waals surface area contributed by atoms with Crippen molar-refractivity contribution in [3.8, 4) is 5.75 Å². The fraction of sp³-hybridized carbons (Fsp3) is 0.290. The van der Waals surface area contributed by atoms with Crippen LogP contribution in [0.2, 0.25) is 0 Å². The second kappa shape index (κ2) is 10.2. The first-order valence-electron chi connectivity index (χ1n) is 14.0. The minimum atomic E-state index is -2.04. The second-order valence-corrected chi connectivity index (χ2v) is 13.4. The maximum Gasteiger partial charge on any atom is 0.488 e. The molecule has 0 unspecified atom stereocenters. The van der Waals surface area contributed by atoms with E-state index in [4.69, 9.17) is 23.2 Å². The number of aromatic hydroxyl groups is 1. The van der Waals surface area contributed by atoms with Crippen LogP contribution in [-0.4, -0.2) is 66.0 Å². The Morgan fingerprint density at radius 3 is 2.41 bits per heavy atom. The van der Waals surface area contributed by atoms with Gasteiger partial charge in [-0.05, 0) is 41.7 Å². The Labute approximate surface area is 270 Å². The number of phenols is 1. The van der Waals surface area contributed by atoms with Crippen LogP contribution >= 0.6 is 39.1 Å². The minimum Gasteiger partial charge on any atom is -0.507 e. The molecule has 3 fully saturated rings. The lowest BCUT2D eigenvalue weighted by Gasteiger charge is -2.50. The third kappa shape index (κ3) is 3.73. The van der Waals surface area contributed by atoms with Crippen molar-refractivity contribution < 1.29 is 34.3 Å². The van der Waals surface area contributed by atoms with Gasteiger partial charge in [0.1, 0.15) is 5.75 Å². The number of hydrogen-bond acceptors (Lipinski definition) is 7. The molecule has 7 rings (SSSR count). The van der Waals surface area contributed by atoms with E-state index in [0.29, 0.717) is 11.0 Å². The van der Waals surface area contributed by atoms with Gasteiger partial charge in [-0.1, -0.05) is 76.1 Å². The molecule has 224 valence electrons. The van der Waals surface area contributed by atoms with Crippen LogP contribution in [0.25, 0.3) is 10.8 Å². The van der Waals surface area contributed by atoms with Gasteiger partial charge in [-0.15, -0.1) is 23.2 Å². The summed E-state index contributed by atoms with van der Waals surface area (Å²) < 4.78 is 0. The van der Waals surface area contributed by atoms with E-state index in [1.54, 1.807) is 30.3 Å². The summed E-state index contributed by atoms with van der Waals surface area (Å²) in [6, 6.07) is 16.5. The van der Waals surface area contributed by atoms with Crippen LogP contribution in [0.4, 0.5) is 5.69 Å². The molecular formula is C31H24BBrCl2N2O7. The summed E-state index contributed by atoms with van der Waals surface area (Å²) in [6.07, 6.45) is 1.76. The van der Waals surface area contributed by atoms with Crippen molar-refractivity contribution in [1.29, 1.82) is 0 Å². The van der Waals surface area contributed by atoms with Crippen molar-refractivity contribution in [3.63, 3.8) is 0 Å². The molecule has 6 atom stereocenters. The maximum absolute atomic E-state index is 14.2. The lowest BCUT2D eigenvalue weighted by atomic mass is 9.56. The Hall–Kier alpha value is -3.22. The van der Waals surface area contributed by atoms with Crippen molar-refractivity contribution in [2.45, 2.75) is 28.5 Å². The first-order valence-corrected chi connectivity index (χ1v) is 15.9. The highest BCUT2D eigenvalue weighted by Gasteiger charge is 2.76. The number of imide groups is 2. The van der Waals surface area contributed by atoms with Gasteiger partial charge >= 0.3 is 7.12 Å². The molecule has 0 spiro atoms. The second-order valence-electron chi connectivity index (χ2n) is 11.7. The van der Waals surface area contributed by atoms with Crippen LogP contribution in [0.3, 0.4) is 0 Å². The van der Waals surface area contributed by atoms with Crippen molar-refractivity contribution in [1.82, 2.24) is 4.90 Å². The molecule has 4 aliphatic rings. The molecule has 3 aromatic rings. The number of allylic oxidation sites excluding steroid dienone is 2. The Kier molecular flexibility index (Phi) is 6.80. The molecule has 2 aliphatic carbocycles. The molecule has 3 N–H and O–H groups in total. The van der Waals surface area contributed by atoms with E-state index in [0.717, 1.165) is 15.2 Å². The summed E-state index contributed by atoms with van der Waals surface area (Å²) in [5.41, 5.74) is 0.985. The van der Waals surface area contributed by atoms with Gasteiger partial charge in [0.15, 0.2) is 9.75 Å². The zero-order chi connectivity index (χ0) is 31.3. The number of carbonyl (C=O) groups is 4. The number of carbonyl (C=O) groups excluding carboxylic acids is 4. The van der Waals surface area contributed by atoms with Gasteiger partial charge in [0.05, 0.1) is 23.0 Å². The monoisotopic (exact) mass is 696 g/mol. The van der Waals surface area contributed by atoms with Crippen LogP contribution in [0.1, 0.15) is 24.3 Å². The molecular weight excluding hydrogens is 674 g/mol. The van der Waals surface area contributed by atoms with E-state index in [1.807, 2.05) is 12.1 Å². The molecule has 4 amide bonds. The zero-order valence-corrected chi connectivity index (χ0v) is 26.0. The molecule has 2 heterocycles. The molecule has 3 aromatic carbocycles. The minimum absolute atomic E-state index is 0.109. The predicted octanol–water partition coefficient (Wildman–Crippen LogP) is 3.14. The fourth-order valence-electron chi connectivity index (χ4n) is 7.68. The highest BCUT2D eigenvalue weighted by molar-refractivity contribution is 9.09. The Morgan fingerprint density at radius 1 is 0.932 bits per heavy atom. The van der Waals surface area contributed by atoms with Crippen LogP contribution < -0.4 is 10.4 Å². The number of benzene rings is 3. The first kappa shape index (κ1) is 29.5. The van der Waals surface area contributed by atoms with E-state index in [1.165, 1.54) is 24.3 Å². The average molecular weight is 698 g/mol. The van der Waals surface area contributed by atoms with Crippen molar-refractivity contribution in [2.24, 2.45) is 17.8 Å². The fourth-order valence-corrected chi connectivity index (χ4v) is 9.10. The molecule has 0 aromatic heterocycles. The highest BCUT2D eigenvalue weighted by Crippen LogP contribution is 2.66. The number of fused-ring (bicyclic) bond motifs is 5. The van der Waals surface area contributed by atoms with Gasteiger partial charge in [-0.3, -0.25) is 29.0 Å². The summed E-state index contributed by atoms with van der Waals surface area (Å²) >= 11 is 17.8. The summed E-state index contributed by atoms with van der Waals surface area (Å²) in [7, 11) is -1.80. The molecule has 0 bridgehead atoms. The number of halogens is 3. The largest absolute Gasteiger partial charge is 0.507 e. The van der Waals surface area contributed by atoms with Crippen molar-refractivity contribution in [2.75, 3.05) is 10.4 Å². The number of phenolic OH excluding ortho intramolecular Hbond substituents is 1. The van der Waals surface area contributed by atoms with Crippen LogP contribution in [0.5, 0.6) is 5.75 Å². The van der Waals surface area contributed by atoms with Gasteiger partial charge in [0.2, 0.25) is 11.8 Å². The van der Waals surface area contributed by atoms with Gasteiger partial charge in [-0.25, -0.2) is 0 Å². The zero-order valence-electron chi connectivity index (χ0n) is 22.9. The maximum atomic E-state index is 14.2. The molecule has 44 heavy (non-hydrogen) atoms. The summed E-state index contributed by atoms with van der Waals surface area (Å²) in [5.74, 6) is -6.15.